The Morgan fingerprint density at radius 3 is 2.64 bits per heavy atom. The predicted octanol–water partition coefficient (Wildman–Crippen LogP) is 4.85. The predicted molar refractivity (Wildman–Crippen MR) is 98.0 cm³/mol. The summed E-state index contributed by atoms with van der Waals surface area (Å²) in [7, 11) is -0.763. The molecule has 0 radical (unpaired) electrons. The summed E-state index contributed by atoms with van der Waals surface area (Å²) in [6, 6.07) is 9.18. The molecule has 2 heterocycles. The molecule has 4 rings (SSSR count). The summed E-state index contributed by atoms with van der Waals surface area (Å²) in [4.78, 5) is 6.54. The van der Waals surface area contributed by atoms with Crippen LogP contribution in [0.15, 0.2) is 35.7 Å². The fraction of sp³-hybridized carbons (Fsp3) is 0.350. The Balaban J connectivity index is 2.03. The van der Waals surface area contributed by atoms with Crippen molar-refractivity contribution in [1.82, 2.24) is 4.98 Å². The van der Waals surface area contributed by atoms with Crippen LogP contribution in [0.25, 0.3) is 16.8 Å². The van der Waals surface area contributed by atoms with Crippen LogP contribution in [0.3, 0.4) is 0 Å². The third-order valence-electron chi connectivity index (χ3n) is 4.95. The molecular weight excluding hydrogens is 286 g/mol. The SMILES string of the molecule is C=C1c2c3cc(C)cc2-c2ccc(S(C)(C)C)c(n2)CC1C3. The Hall–Kier alpha value is -1.54. The summed E-state index contributed by atoms with van der Waals surface area (Å²) < 4.78 is 0. The zero-order chi connectivity index (χ0) is 15.6. The van der Waals surface area contributed by atoms with Gasteiger partial charge in [0.2, 0.25) is 0 Å². The Labute approximate surface area is 134 Å². The van der Waals surface area contributed by atoms with Gasteiger partial charge in [0.05, 0.1) is 11.4 Å². The van der Waals surface area contributed by atoms with Gasteiger partial charge in [-0.15, -0.1) is 0 Å². The normalized spacial score (nSPS) is 19.8. The monoisotopic (exact) mass is 309 g/mol. The van der Waals surface area contributed by atoms with E-state index in [9.17, 15) is 0 Å². The topological polar surface area (TPSA) is 12.9 Å². The van der Waals surface area contributed by atoms with Crippen molar-refractivity contribution >= 4 is 15.6 Å². The average molecular weight is 309 g/mol. The number of pyridine rings is 1. The van der Waals surface area contributed by atoms with Gasteiger partial charge in [0, 0.05) is 10.5 Å². The van der Waals surface area contributed by atoms with Gasteiger partial charge in [-0.2, -0.15) is 0 Å². The standard InChI is InChI=1S/C20H23NS/c1-12-8-15-10-14-11-18-19(22(3,4)5)7-6-17(21-18)16(9-12)20(15)13(14)2/h6-9,14H,2,10-11H2,1,3-5H3. The molecule has 1 unspecified atom stereocenters. The summed E-state index contributed by atoms with van der Waals surface area (Å²) in [5, 5.41) is 0. The third kappa shape index (κ3) is 1.97. The van der Waals surface area contributed by atoms with E-state index in [1.54, 1.807) is 0 Å². The molecule has 1 aromatic heterocycles. The Morgan fingerprint density at radius 1 is 1.14 bits per heavy atom. The highest BCUT2D eigenvalue weighted by Gasteiger charge is 2.32. The van der Waals surface area contributed by atoms with E-state index in [1.807, 2.05) is 0 Å². The summed E-state index contributed by atoms with van der Waals surface area (Å²) in [5.74, 6) is 0.527. The molecule has 114 valence electrons. The number of aryl methyl sites for hydroxylation is 1. The third-order valence-corrected chi connectivity index (χ3v) is 6.64. The van der Waals surface area contributed by atoms with Crippen LogP contribution in [0.2, 0.25) is 0 Å². The quantitative estimate of drug-likeness (QED) is 0.733. The molecule has 0 fully saturated rings. The number of hydrogen-bond donors (Lipinski definition) is 0. The lowest BCUT2D eigenvalue weighted by atomic mass is 9.90. The lowest BCUT2D eigenvalue weighted by Crippen LogP contribution is -2.11. The minimum absolute atomic E-state index is 0.527. The first-order chi connectivity index (χ1) is 10.3. The van der Waals surface area contributed by atoms with Crippen LogP contribution in [0.4, 0.5) is 0 Å². The molecule has 1 aliphatic carbocycles. The maximum absolute atomic E-state index is 5.08. The highest BCUT2D eigenvalue weighted by atomic mass is 32.3. The summed E-state index contributed by atoms with van der Waals surface area (Å²) in [6.07, 6.45) is 9.25. The molecule has 0 amide bonds. The van der Waals surface area contributed by atoms with E-state index in [1.165, 1.54) is 38.4 Å². The van der Waals surface area contributed by atoms with Gasteiger partial charge in [0.15, 0.2) is 0 Å². The summed E-state index contributed by atoms with van der Waals surface area (Å²) in [6.45, 7) is 6.63. The molecule has 0 spiro atoms. The number of allylic oxidation sites excluding steroid dienone is 1. The van der Waals surface area contributed by atoms with Crippen LogP contribution >= 0.6 is 10.0 Å². The van der Waals surface area contributed by atoms with Crippen LogP contribution < -0.4 is 0 Å². The van der Waals surface area contributed by atoms with Gasteiger partial charge in [-0.25, -0.2) is 10.0 Å². The molecule has 0 saturated carbocycles. The van der Waals surface area contributed by atoms with Gasteiger partial charge in [-0.05, 0) is 79.3 Å². The number of rotatable bonds is 1. The molecule has 2 aromatic rings. The van der Waals surface area contributed by atoms with E-state index in [0.717, 1.165) is 18.5 Å². The van der Waals surface area contributed by atoms with Crippen LogP contribution in [-0.4, -0.2) is 23.8 Å². The van der Waals surface area contributed by atoms with E-state index >= 15 is 0 Å². The van der Waals surface area contributed by atoms with Gasteiger partial charge < -0.3 is 0 Å². The summed E-state index contributed by atoms with van der Waals surface area (Å²) in [5.41, 5.74) is 9.23. The van der Waals surface area contributed by atoms with Crippen molar-refractivity contribution in [3.63, 3.8) is 0 Å². The van der Waals surface area contributed by atoms with Crippen molar-refractivity contribution in [2.45, 2.75) is 24.7 Å². The fourth-order valence-electron chi connectivity index (χ4n) is 3.97. The number of benzene rings is 1. The molecule has 4 bridgehead atoms. The molecule has 0 saturated heterocycles. The zero-order valence-electron chi connectivity index (χ0n) is 13.9. The zero-order valence-corrected chi connectivity index (χ0v) is 14.7. The molecule has 1 nitrogen and oxygen atoms in total. The number of nitrogens with zero attached hydrogens (tertiary/aromatic N) is 1. The second-order valence-electron chi connectivity index (χ2n) is 7.46. The first-order valence-electron chi connectivity index (χ1n) is 7.86. The van der Waals surface area contributed by atoms with E-state index < -0.39 is 10.0 Å². The highest BCUT2D eigenvalue weighted by Crippen LogP contribution is 2.51. The van der Waals surface area contributed by atoms with Gasteiger partial charge in [-0.3, -0.25) is 4.98 Å². The van der Waals surface area contributed by atoms with E-state index in [4.69, 9.17) is 4.98 Å². The molecule has 22 heavy (non-hydrogen) atoms. The van der Waals surface area contributed by atoms with Crippen LogP contribution in [-0.2, 0) is 12.8 Å². The summed E-state index contributed by atoms with van der Waals surface area (Å²) >= 11 is 0. The van der Waals surface area contributed by atoms with E-state index in [-0.39, 0.29) is 0 Å². The van der Waals surface area contributed by atoms with Crippen LogP contribution in [0.1, 0.15) is 22.4 Å². The number of hydrogen-bond acceptors (Lipinski definition) is 1. The van der Waals surface area contributed by atoms with E-state index in [0.29, 0.717) is 5.92 Å². The van der Waals surface area contributed by atoms with Crippen molar-refractivity contribution in [3.8, 4) is 11.3 Å². The lowest BCUT2D eigenvalue weighted by Gasteiger charge is -2.30. The van der Waals surface area contributed by atoms with Crippen molar-refractivity contribution in [1.29, 1.82) is 0 Å². The van der Waals surface area contributed by atoms with Gasteiger partial charge in [0.25, 0.3) is 0 Å². The largest absolute Gasteiger partial charge is 0.252 e. The lowest BCUT2D eigenvalue weighted by molar-refractivity contribution is 0.667. The molecule has 1 aromatic carbocycles. The van der Waals surface area contributed by atoms with Gasteiger partial charge in [0.1, 0.15) is 0 Å². The highest BCUT2D eigenvalue weighted by molar-refractivity contribution is 8.32. The van der Waals surface area contributed by atoms with Gasteiger partial charge >= 0.3 is 0 Å². The molecule has 2 heteroatoms. The smallest absolute Gasteiger partial charge is 0.0712 e. The van der Waals surface area contributed by atoms with Crippen LogP contribution in [0.5, 0.6) is 0 Å². The Bertz CT molecular complexity index is 811. The Kier molecular flexibility index (Phi) is 2.87. The average Bonchev–Trinajstić information content (AvgIpc) is 2.73. The maximum Gasteiger partial charge on any atom is 0.0712 e. The van der Waals surface area contributed by atoms with Crippen molar-refractivity contribution in [2.24, 2.45) is 5.92 Å². The molecule has 1 atom stereocenters. The van der Waals surface area contributed by atoms with E-state index in [2.05, 4.69) is 56.5 Å². The first kappa shape index (κ1) is 14.1. The fourth-order valence-corrected chi connectivity index (χ4v) is 5.28. The maximum atomic E-state index is 5.08. The molecule has 2 aliphatic rings. The number of fused-ring (bicyclic) bond motifs is 4. The second-order valence-corrected chi connectivity index (χ2v) is 11.6. The van der Waals surface area contributed by atoms with Crippen molar-refractivity contribution in [2.75, 3.05) is 18.8 Å². The Morgan fingerprint density at radius 2 is 1.91 bits per heavy atom. The molecule has 1 aliphatic heterocycles. The second kappa shape index (κ2) is 4.48. The molecular formula is C20H23NS. The van der Waals surface area contributed by atoms with Gasteiger partial charge in [-0.1, -0.05) is 18.2 Å². The van der Waals surface area contributed by atoms with Crippen molar-refractivity contribution < 1.29 is 0 Å². The first-order valence-corrected chi connectivity index (χ1v) is 10.7. The van der Waals surface area contributed by atoms with Crippen molar-refractivity contribution in [3.05, 3.63) is 53.2 Å². The molecule has 0 N–H and O–H groups in total. The van der Waals surface area contributed by atoms with Crippen LogP contribution in [0, 0.1) is 12.8 Å². The minimum atomic E-state index is -0.763. The number of aromatic nitrogens is 1. The minimum Gasteiger partial charge on any atom is -0.252 e.